The summed E-state index contributed by atoms with van der Waals surface area (Å²) in [6.45, 7) is 13.0. The summed E-state index contributed by atoms with van der Waals surface area (Å²) in [5, 5.41) is 6.34. The molecular weight excluding hydrogens is 334 g/mol. The monoisotopic (exact) mass is 367 g/mol. The number of rotatable bonds is 6. The summed E-state index contributed by atoms with van der Waals surface area (Å²) in [5.74, 6) is 1.11. The van der Waals surface area contributed by atoms with Gasteiger partial charge in [0, 0.05) is 19.6 Å². The Labute approximate surface area is 153 Å². The van der Waals surface area contributed by atoms with Crippen molar-refractivity contribution in [2.24, 2.45) is 10.9 Å². The van der Waals surface area contributed by atoms with Gasteiger partial charge in [0.15, 0.2) is 15.8 Å². The van der Waals surface area contributed by atoms with Crippen LogP contribution in [-0.4, -0.2) is 39.8 Å². The molecule has 0 amide bonds. The fourth-order valence-electron chi connectivity index (χ4n) is 2.16. The number of hydrogen-bond donors (Lipinski definition) is 2. The first kappa shape index (κ1) is 21.5. The number of aliphatic imine (C=N–C) groups is 1. The summed E-state index contributed by atoms with van der Waals surface area (Å²) in [4.78, 5) is 4.50. The topological polar surface area (TPSA) is 70.6 Å². The first-order valence-corrected chi connectivity index (χ1v) is 10.4. The van der Waals surface area contributed by atoms with Crippen LogP contribution in [0.4, 0.5) is 0 Å². The van der Waals surface area contributed by atoms with Crippen LogP contribution < -0.4 is 10.6 Å². The van der Waals surface area contributed by atoms with Crippen LogP contribution in [0.15, 0.2) is 34.2 Å². The maximum absolute atomic E-state index is 12.5. The van der Waals surface area contributed by atoms with Crippen LogP contribution in [0.25, 0.3) is 0 Å². The van der Waals surface area contributed by atoms with E-state index in [1.54, 1.807) is 19.2 Å². The number of benzene rings is 1. The molecule has 0 saturated carbocycles. The fourth-order valence-corrected chi connectivity index (χ4v) is 3.32. The van der Waals surface area contributed by atoms with Gasteiger partial charge in [0.2, 0.25) is 0 Å². The minimum atomic E-state index is -3.32. The Hall–Kier alpha value is -1.56. The predicted molar refractivity (Wildman–Crippen MR) is 106 cm³/mol. The molecule has 0 fully saturated rings. The lowest BCUT2D eigenvalue weighted by Crippen LogP contribution is -2.45. The highest BCUT2D eigenvalue weighted by Gasteiger charge is 2.18. The zero-order valence-corrected chi connectivity index (χ0v) is 17.4. The molecule has 0 aliphatic heterocycles. The Kier molecular flexibility index (Phi) is 7.47. The van der Waals surface area contributed by atoms with Gasteiger partial charge in [0.05, 0.1) is 10.6 Å². The molecule has 2 N–H and O–H groups in total. The minimum Gasteiger partial charge on any atom is -0.355 e. The first-order valence-electron chi connectivity index (χ1n) is 8.78. The van der Waals surface area contributed by atoms with Crippen molar-refractivity contribution >= 4 is 15.8 Å². The average molecular weight is 368 g/mol. The molecule has 1 aromatic carbocycles. The summed E-state index contributed by atoms with van der Waals surface area (Å²) in [6.07, 6.45) is 0. The molecule has 1 aromatic rings. The van der Waals surface area contributed by atoms with E-state index >= 15 is 0 Å². The Morgan fingerprint density at radius 1 is 1.12 bits per heavy atom. The number of sulfone groups is 1. The molecule has 1 rings (SSSR count). The van der Waals surface area contributed by atoms with Gasteiger partial charge in [0.25, 0.3) is 0 Å². The lowest BCUT2D eigenvalue weighted by Gasteiger charge is -2.21. The fraction of sp³-hybridized carbons (Fsp3) is 0.632. The van der Waals surface area contributed by atoms with Crippen molar-refractivity contribution in [1.82, 2.24) is 10.6 Å². The third-order valence-electron chi connectivity index (χ3n) is 4.33. The van der Waals surface area contributed by atoms with Gasteiger partial charge in [-0.05, 0) is 36.0 Å². The molecule has 0 aliphatic carbocycles. The second kappa shape index (κ2) is 8.70. The lowest BCUT2D eigenvalue weighted by molar-refractivity contribution is 0.481. The van der Waals surface area contributed by atoms with Crippen LogP contribution >= 0.6 is 0 Å². The van der Waals surface area contributed by atoms with Crippen molar-refractivity contribution in [2.75, 3.05) is 19.3 Å². The maximum atomic E-state index is 12.5. The van der Waals surface area contributed by atoms with Crippen molar-refractivity contribution < 1.29 is 8.42 Å². The summed E-state index contributed by atoms with van der Waals surface area (Å²) < 4.78 is 25.0. The largest absolute Gasteiger partial charge is 0.355 e. The number of nitrogens with one attached hydrogen (secondary N) is 2. The van der Waals surface area contributed by atoms with E-state index in [4.69, 9.17) is 0 Å². The highest BCUT2D eigenvalue weighted by molar-refractivity contribution is 7.91. The Bertz CT molecular complexity index is 672. The molecule has 25 heavy (non-hydrogen) atoms. The molecule has 0 aromatic heterocycles. The van der Waals surface area contributed by atoms with E-state index < -0.39 is 9.84 Å². The SMILES string of the molecule is CN=C(NCCS(=O)(=O)c1ccc(C(C)(C)C)cc1)NC(C)C(C)C. The second-order valence-corrected chi connectivity index (χ2v) is 9.88. The molecule has 0 heterocycles. The van der Waals surface area contributed by atoms with Crippen LogP contribution in [0.3, 0.4) is 0 Å². The van der Waals surface area contributed by atoms with Gasteiger partial charge < -0.3 is 10.6 Å². The molecule has 0 spiro atoms. The van der Waals surface area contributed by atoms with Crippen molar-refractivity contribution in [3.8, 4) is 0 Å². The third-order valence-corrected chi connectivity index (χ3v) is 6.06. The summed E-state index contributed by atoms with van der Waals surface area (Å²) in [5.41, 5.74) is 1.13. The van der Waals surface area contributed by atoms with Gasteiger partial charge in [-0.25, -0.2) is 8.42 Å². The van der Waals surface area contributed by atoms with E-state index in [1.807, 2.05) is 12.1 Å². The zero-order valence-electron chi connectivity index (χ0n) is 16.6. The molecule has 1 atom stereocenters. The molecule has 1 unspecified atom stereocenters. The molecule has 0 aliphatic rings. The zero-order chi connectivity index (χ0) is 19.3. The summed E-state index contributed by atoms with van der Waals surface area (Å²) in [7, 11) is -1.63. The number of nitrogens with zero attached hydrogens (tertiary/aromatic N) is 1. The minimum absolute atomic E-state index is 0.00904. The smallest absolute Gasteiger partial charge is 0.191 e. The van der Waals surface area contributed by atoms with E-state index in [-0.39, 0.29) is 17.2 Å². The van der Waals surface area contributed by atoms with E-state index in [2.05, 4.69) is 57.2 Å². The molecule has 0 saturated heterocycles. The Morgan fingerprint density at radius 3 is 2.12 bits per heavy atom. The normalized spacial score (nSPS) is 14.5. The number of guanidine groups is 1. The highest BCUT2D eigenvalue weighted by atomic mass is 32.2. The second-order valence-electron chi connectivity index (χ2n) is 7.77. The molecule has 0 radical (unpaired) electrons. The van der Waals surface area contributed by atoms with Crippen LogP contribution in [0, 0.1) is 5.92 Å². The van der Waals surface area contributed by atoms with E-state index in [1.165, 1.54) is 0 Å². The standard InChI is InChI=1S/C19H33N3O2S/c1-14(2)15(3)22-18(20-7)21-12-13-25(23,24)17-10-8-16(9-11-17)19(4,5)6/h8-11,14-15H,12-13H2,1-7H3,(H2,20,21,22). The summed E-state index contributed by atoms with van der Waals surface area (Å²) in [6, 6.07) is 7.44. The first-order chi connectivity index (χ1) is 11.5. The van der Waals surface area contributed by atoms with Gasteiger partial charge in [-0.1, -0.05) is 46.8 Å². The summed E-state index contributed by atoms with van der Waals surface area (Å²) >= 11 is 0. The van der Waals surface area contributed by atoms with Crippen molar-refractivity contribution in [3.05, 3.63) is 29.8 Å². The third kappa shape index (κ3) is 6.69. The average Bonchev–Trinajstić information content (AvgIpc) is 2.52. The van der Waals surface area contributed by atoms with Gasteiger partial charge >= 0.3 is 0 Å². The van der Waals surface area contributed by atoms with Crippen molar-refractivity contribution in [3.63, 3.8) is 0 Å². The maximum Gasteiger partial charge on any atom is 0.191 e. The van der Waals surface area contributed by atoms with Gasteiger partial charge in [-0.2, -0.15) is 0 Å². The highest BCUT2D eigenvalue weighted by Crippen LogP contribution is 2.23. The van der Waals surface area contributed by atoms with E-state index in [0.717, 1.165) is 5.56 Å². The van der Waals surface area contributed by atoms with Gasteiger partial charge in [-0.15, -0.1) is 0 Å². The van der Waals surface area contributed by atoms with E-state index in [9.17, 15) is 8.42 Å². The van der Waals surface area contributed by atoms with Crippen LogP contribution in [0.1, 0.15) is 47.1 Å². The molecule has 142 valence electrons. The van der Waals surface area contributed by atoms with Crippen LogP contribution in [-0.2, 0) is 15.3 Å². The Balaban J connectivity index is 2.66. The van der Waals surface area contributed by atoms with Crippen LogP contribution in [0.2, 0.25) is 0 Å². The Morgan fingerprint density at radius 2 is 1.68 bits per heavy atom. The van der Waals surface area contributed by atoms with Gasteiger partial charge in [-0.3, -0.25) is 4.99 Å². The molecular formula is C19H33N3O2S. The molecule has 5 nitrogen and oxygen atoms in total. The van der Waals surface area contributed by atoms with Crippen molar-refractivity contribution in [1.29, 1.82) is 0 Å². The van der Waals surface area contributed by atoms with Gasteiger partial charge in [0.1, 0.15) is 0 Å². The van der Waals surface area contributed by atoms with E-state index in [0.29, 0.717) is 23.3 Å². The predicted octanol–water partition coefficient (Wildman–Crippen LogP) is 2.97. The lowest BCUT2D eigenvalue weighted by atomic mass is 9.87. The molecule has 6 heteroatoms. The molecule has 0 bridgehead atoms. The quantitative estimate of drug-likeness (QED) is 0.599. The van der Waals surface area contributed by atoms with Crippen molar-refractivity contribution in [2.45, 2.75) is 57.9 Å². The number of hydrogen-bond acceptors (Lipinski definition) is 3. The van der Waals surface area contributed by atoms with Crippen LogP contribution in [0.5, 0.6) is 0 Å².